The fourth-order valence-electron chi connectivity index (χ4n) is 10.8. The van der Waals surface area contributed by atoms with Gasteiger partial charge in [0.15, 0.2) is 12.6 Å². The van der Waals surface area contributed by atoms with E-state index in [1.165, 1.54) is 128 Å². The van der Waals surface area contributed by atoms with E-state index in [2.05, 4.69) is 116 Å². The molecule has 0 spiro atoms. The van der Waals surface area contributed by atoms with Crippen LogP contribution in [0.1, 0.15) is 258 Å². The lowest BCUT2D eigenvalue weighted by Crippen LogP contribution is -2.65. The van der Waals surface area contributed by atoms with Crippen molar-refractivity contribution in [3.63, 3.8) is 0 Å². The Bertz CT molecular complexity index is 1810. The van der Waals surface area contributed by atoms with Crippen molar-refractivity contribution in [1.82, 2.24) is 5.32 Å². The lowest BCUT2D eigenvalue weighted by atomic mass is 9.97. The van der Waals surface area contributed by atoms with E-state index in [-0.39, 0.29) is 12.5 Å². The maximum absolute atomic E-state index is 13.3. The Kier molecular flexibility index (Phi) is 51.4. The minimum absolute atomic E-state index is 0.209. The molecule has 2 rings (SSSR count). The Morgan fingerprint density at radius 1 is 0.430 bits per heavy atom. The summed E-state index contributed by atoms with van der Waals surface area (Å²) in [5.41, 5.74) is 0. The molecule has 86 heavy (non-hydrogen) atoms. The van der Waals surface area contributed by atoms with Gasteiger partial charge < -0.3 is 65.1 Å². The quantitative estimate of drug-likeness (QED) is 0.0204. The Balaban J connectivity index is 1.55. The molecule has 0 aromatic heterocycles. The number of ether oxygens (including phenoxy) is 4. The molecule has 2 heterocycles. The highest BCUT2D eigenvalue weighted by Crippen LogP contribution is 2.30. The summed E-state index contributed by atoms with van der Waals surface area (Å²) in [4.78, 5) is 13.3. The fourth-order valence-corrected chi connectivity index (χ4v) is 10.8. The highest BCUT2D eigenvalue weighted by molar-refractivity contribution is 5.76. The normalized spacial score (nSPS) is 24.0. The minimum atomic E-state index is -1.78. The van der Waals surface area contributed by atoms with Crippen molar-refractivity contribution in [2.24, 2.45) is 0 Å². The fraction of sp³-hybridized carbons (Fsp3) is 0.764. The molecule has 2 aliphatic heterocycles. The summed E-state index contributed by atoms with van der Waals surface area (Å²) in [7, 11) is 0. The molecule has 14 nitrogen and oxygen atoms in total. The minimum Gasteiger partial charge on any atom is -0.394 e. The molecule has 2 fully saturated rings. The van der Waals surface area contributed by atoms with Gasteiger partial charge in [-0.1, -0.05) is 272 Å². The molecule has 0 bridgehead atoms. The lowest BCUT2D eigenvalue weighted by molar-refractivity contribution is -0.359. The first-order valence-corrected chi connectivity index (χ1v) is 34.5. The van der Waals surface area contributed by atoms with Gasteiger partial charge >= 0.3 is 0 Å². The van der Waals surface area contributed by atoms with Gasteiger partial charge in [-0.3, -0.25) is 4.79 Å². The Morgan fingerprint density at radius 3 is 1.23 bits per heavy atom. The van der Waals surface area contributed by atoms with Gasteiger partial charge in [0.25, 0.3) is 0 Å². The number of unbranched alkanes of at least 4 members (excludes halogenated alkanes) is 26. The molecule has 2 aliphatic rings. The third kappa shape index (κ3) is 39.8. The van der Waals surface area contributed by atoms with Crippen LogP contribution >= 0.6 is 0 Å². The van der Waals surface area contributed by atoms with Crippen LogP contribution in [0.3, 0.4) is 0 Å². The molecule has 14 heteroatoms. The van der Waals surface area contributed by atoms with Crippen LogP contribution in [-0.4, -0.2) is 140 Å². The zero-order valence-corrected chi connectivity index (χ0v) is 53.8. The molecule has 2 saturated heterocycles. The van der Waals surface area contributed by atoms with Crippen LogP contribution in [-0.2, 0) is 23.7 Å². The molecular weight excluding hydrogens is 1090 g/mol. The molecule has 0 radical (unpaired) electrons. The SMILES string of the molecule is CC/C=C\C/C=C\C/C=C\C/C=C\C/C=C\C/C=C\C/C=C\C/C=C\CCCCCCCCCCCCCCCCCCC(=O)NC(COC1OC(CO)C(OC2OC(CO)C(O)C(O)C2O)C(O)C1O)C(O)CCCCCCCCCCCCC. The van der Waals surface area contributed by atoms with E-state index >= 15 is 0 Å². The Morgan fingerprint density at radius 2 is 0.802 bits per heavy atom. The summed E-state index contributed by atoms with van der Waals surface area (Å²) >= 11 is 0. The lowest BCUT2D eigenvalue weighted by Gasteiger charge is -2.46. The summed E-state index contributed by atoms with van der Waals surface area (Å²) in [6.07, 6.45) is 61.6. The number of hydrogen-bond acceptors (Lipinski definition) is 13. The summed E-state index contributed by atoms with van der Waals surface area (Å²) < 4.78 is 22.8. The van der Waals surface area contributed by atoms with Crippen molar-refractivity contribution < 1.29 is 64.6 Å². The monoisotopic (exact) mass is 1210 g/mol. The van der Waals surface area contributed by atoms with Gasteiger partial charge in [-0.25, -0.2) is 0 Å². The van der Waals surface area contributed by atoms with Crippen LogP contribution < -0.4 is 5.32 Å². The summed E-state index contributed by atoms with van der Waals surface area (Å²) in [5, 5.41) is 87.3. The van der Waals surface area contributed by atoms with Gasteiger partial charge in [-0.05, 0) is 77.0 Å². The molecule has 12 atom stereocenters. The van der Waals surface area contributed by atoms with Crippen molar-refractivity contribution >= 4 is 5.91 Å². The highest BCUT2D eigenvalue weighted by Gasteiger charge is 2.51. The molecule has 496 valence electrons. The molecule has 12 unspecified atom stereocenters. The number of carbonyl (C=O) groups excluding carboxylic acids is 1. The molecule has 0 saturated carbocycles. The van der Waals surface area contributed by atoms with E-state index < -0.39 is 86.8 Å². The number of amides is 1. The number of nitrogens with one attached hydrogen (secondary N) is 1. The first-order valence-electron chi connectivity index (χ1n) is 34.5. The van der Waals surface area contributed by atoms with Crippen molar-refractivity contribution in [3.05, 3.63) is 97.2 Å². The van der Waals surface area contributed by atoms with Gasteiger partial charge in [0.05, 0.1) is 32.0 Å². The van der Waals surface area contributed by atoms with Crippen LogP contribution in [0.5, 0.6) is 0 Å². The first kappa shape index (κ1) is 79.0. The van der Waals surface area contributed by atoms with Crippen molar-refractivity contribution in [1.29, 1.82) is 0 Å². The average Bonchev–Trinajstić information content (AvgIpc) is 1.60. The second-order valence-corrected chi connectivity index (χ2v) is 23.9. The molecule has 0 aromatic carbocycles. The van der Waals surface area contributed by atoms with Gasteiger partial charge in [0.1, 0.15) is 48.8 Å². The largest absolute Gasteiger partial charge is 0.394 e. The van der Waals surface area contributed by atoms with Crippen molar-refractivity contribution in [3.8, 4) is 0 Å². The van der Waals surface area contributed by atoms with E-state index in [4.69, 9.17) is 18.9 Å². The molecule has 0 aromatic rings. The standard InChI is InChI=1S/C72H125NO13/c1-3-5-7-9-11-13-15-16-17-18-19-20-21-22-23-24-25-26-27-28-29-30-31-32-33-34-35-36-37-38-39-40-41-42-43-44-46-48-50-52-54-56-64(77)73-60(61(76)55-53-51-49-47-45-14-12-10-8-6-4-2)59-83-71-69(82)67(80)70(63(58-75)85-71)86-72-68(81)66(79)65(78)62(57-74)84-72/h5,7,11,13,16-17,19-20,22-23,25-26,28-29,31-32,60-63,65-72,74-76,78-82H,3-4,6,8-10,12,14-15,18,21,24,27,30,33-59H2,1-2H3,(H,73,77)/b7-5-,13-11-,17-16-,20-19-,23-22-,26-25-,29-28-,32-31-. The second kappa shape index (κ2) is 55.9. The number of hydrogen-bond donors (Lipinski definition) is 9. The smallest absolute Gasteiger partial charge is 0.220 e. The molecule has 1 amide bonds. The van der Waals surface area contributed by atoms with Crippen LogP contribution in [0.2, 0.25) is 0 Å². The number of aliphatic hydroxyl groups excluding tert-OH is 8. The number of aliphatic hydroxyl groups is 8. The van der Waals surface area contributed by atoms with Crippen LogP contribution in [0.15, 0.2) is 97.2 Å². The van der Waals surface area contributed by atoms with Crippen LogP contribution in [0, 0.1) is 0 Å². The summed E-state index contributed by atoms with van der Waals surface area (Å²) in [6, 6.07) is -0.831. The second-order valence-electron chi connectivity index (χ2n) is 23.9. The number of allylic oxidation sites excluding steroid dienone is 16. The molecular formula is C72H125NO13. The van der Waals surface area contributed by atoms with Gasteiger partial charge in [0, 0.05) is 6.42 Å². The third-order valence-electron chi connectivity index (χ3n) is 16.3. The topological polar surface area (TPSA) is 228 Å². The molecule has 0 aliphatic carbocycles. The van der Waals surface area contributed by atoms with Gasteiger partial charge in [-0.15, -0.1) is 0 Å². The zero-order valence-electron chi connectivity index (χ0n) is 53.8. The third-order valence-corrected chi connectivity index (χ3v) is 16.3. The van der Waals surface area contributed by atoms with Crippen molar-refractivity contribution in [2.45, 2.75) is 331 Å². The Hall–Kier alpha value is -3.09. The molecule has 9 N–H and O–H groups in total. The van der Waals surface area contributed by atoms with E-state index in [1.807, 2.05) is 0 Å². The maximum Gasteiger partial charge on any atom is 0.220 e. The maximum atomic E-state index is 13.3. The summed E-state index contributed by atoms with van der Waals surface area (Å²) in [5.74, 6) is -0.209. The summed E-state index contributed by atoms with van der Waals surface area (Å²) in [6.45, 7) is 2.73. The van der Waals surface area contributed by atoms with Gasteiger partial charge in [-0.2, -0.15) is 0 Å². The zero-order chi connectivity index (χ0) is 62.3. The predicted octanol–water partition coefficient (Wildman–Crippen LogP) is 13.8. The number of rotatable bonds is 55. The van der Waals surface area contributed by atoms with E-state index in [0.29, 0.717) is 12.8 Å². The predicted molar refractivity (Wildman–Crippen MR) is 350 cm³/mol. The number of carbonyl (C=O) groups is 1. The van der Waals surface area contributed by atoms with E-state index in [9.17, 15) is 45.6 Å². The average molecular weight is 1210 g/mol. The van der Waals surface area contributed by atoms with E-state index in [1.54, 1.807) is 0 Å². The van der Waals surface area contributed by atoms with E-state index in [0.717, 1.165) is 103 Å². The first-order chi connectivity index (χ1) is 42.1. The Labute approximate surface area is 522 Å². The highest BCUT2D eigenvalue weighted by atomic mass is 16.7. The van der Waals surface area contributed by atoms with Crippen molar-refractivity contribution in [2.75, 3.05) is 19.8 Å². The van der Waals surface area contributed by atoms with Gasteiger partial charge in [0.2, 0.25) is 5.91 Å². The van der Waals surface area contributed by atoms with Crippen LogP contribution in [0.4, 0.5) is 0 Å². The van der Waals surface area contributed by atoms with Crippen LogP contribution in [0.25, 0.3) is 0 Å².